The Morgan fingerprint density at radius 2 is 1.65 bits per heavy atom. The van der Waals surface area contributed by atoms with Crippen molar-refractivity contribution in [2.75, 3.05) is 6.61 Å². The van der Waals surface area contributed by atoms with E-state index in [1.165, 1.54) is 11.1 Å². The van der Waals surface area contributed by atoms with Gasteiger partial charge in [0.25, 0.3) is 5.91 Å². The van der Waals surface area contributed by atoms with Crippen LogP contribution in [-0.4, -0.2) is 18.1 Å². The Morgan fingerprint density at radius 3 is 2.26 bits per heavy atom. The van der Waals surface area contributed by atoms with Gasteiger partial charge in [0.1, 0.15) is 5.75 Å². The summed E-state index contributed by atoms with van der Waals surface area (Å²) in [5.74, 6) is 0.615. The van der Waals surface area contributed by atoms with Gasteiger partial charge in [0.15, 0.2) is 6.61 Å². The van der Waals surface area contributed by atoms with Crippen LogP contribution >= 0.6 is 0 Å². The molecule has 0 aliphatic carbocycles. The molecular formula is C20H25NO2. The number of hydrogen-bond acceptors (Lipinski definition) is 2. The third-order valence-electron chi connectivity index (χ3n) is 3.67. The Hall–Kier alpha value is -2.29. The molecule has 3 heteroatoms. The van der Waals surface area contributed by atoms with Gasteiger partial charge >= 0.3 is 0 Å². The van der Waals surface area contributed by atoms with Crippen LogP contribution in [0.25, 0.3) is 0 Å². The summed E-state index contributed by atoms with van der Waals surface area (Å²) in [7, 11) is 0. The van der Waals surface area contributed by atoms with Gasteiger partial charge in [-0.25, -0.2) is 0 Å². The van der Waals surface area contributed by atoms with Gasteiger partial charge in [-0.1, -0.05) is 49.4 Å². The summed E-state index contributed by atoms with van der Waals surface area (Å²) < 4.78 is 5.55. The molecule has 0 atom stereocenters. The fraction of sp³-hybridized carbons (Fsp3) is 0.350. The maximum Gasteiger partial charge on any atom is 0.258 e. The molecule has 0 saturated carbocycles. The summed E-state index contributed by atoms with van der Waals surface area (Å²) in [4.78, 5) is 12.1. The maximum absolute atomic E-state index is 12.1. The van der Waals surface area contributed by atoms with Crippen molar-refractivity contribution in [3.63, 3.8) is 0 Å². The van der Waals surface area contributed by atoms with Crippen molar-refractivity contribution in [1.29, 1.82) is 0 Å². The quantitative estimate of drug-likeness (QED) is 0.845. The first-order valence-electron chi connectivity index (χ1n) is 8.05. The zero-order chi connectivity index (χ0) is 16.7. The molecular weight excluding hydrogens is 286 g/mol. The second-order valence-electron chi connectivity index (χ2n) is 6.38. The van der Waals surface area contributed by atoms with Gasteiger partial charge < -0.3 is 10.1 Å². The van der Waals surface area contributed by atoms with E-state index in [9.17, 15) is 4.79 Å². The van der Waals surface area contributed by atoms with Crippen LogP contribution in [-0.2, 0) is 17.6 Å². The molecule has 0 heterocycles. The number of carbonyl (C=O) groups is 1. The molecule has 0 aliphatic heterocycles. The van der Waals surface area contributed by atoms with Gasteiger partial charge in [-0.15, -0.1) is 0 Å². The maximum atomic E-state index is 12.1. The minimum atomic E-state index is -0.312. The van der Waals surface area contributed by atoms with Crippen molar-refractivity contribution in [2.45, 2.75) is 39.2 Å². The van der Waals surface area contributed by atoms with Crippen LogP contribution in [0.1, 0.15) is 31.9 Å². The summed E-state index contributed by atoms with van der Waals surface area (Å²) in [5, 5.41) is 3.03. The smallest absolute Gasteiger partial charge is 0.258 e. The Bertz CT molecular complexity index is 618. The number of benzene rings is 2. The SMILES string of the molecule is CCc1ccc(OCC(=O)NC(C)(C)Cc2ccccc2)cc1. The van der Waals surface area contributed by atoms with Crippen LogP contribution in [0, 0.1) is 0 Å². The molecule has 0 spiro atoms. The van der Waals surface area contributed by atoms with Crippen molar-refractivity contribution in [1.82, 2.24) is 5.32 Å². The molecule has 1 amide bonds. The van der Waals surface area contributed by atoms with Gasteiger partial charge in [-0.3, -0.25) is 4.79 Å². The van der Waals surface area contributed by atoms with Gasteiger partial charge in [-0.05, 0) is 49.9 Å². The van der Waals surface area contributed by atoms with Crippen LogP contribution in [0.4, 0.5) is 0 Å². The van der Waals surface area contributed by atoms with Gasteiger partial charge in [0.2, 0.25) is 0 Å². The van der Waals surface area contributed by atoms with Crippen LogP contribution in [0.3, 0.4) is 0 Å². The zero-order valence-corrected chi connectivity index (χ0v) is 14.1. The molecule has 0 aliphatic rings. The third kappa shape index (κ3) is 5.78. The Balaban J connectivity index is 1.83. The van der Waals surface area contributed by atoms with E-state index >= 15 is 0 Å². The molecule has 2 rings (SSSR count). The highest BCUT2D eigenvalue weighted by Crippen LogP contribution is 2.14. The van der Waals surface area contributed by atoms with Gasteiger partial charge in [-0.2, -0.15) is 0 Å². The minimum absolute atomic E-state index is 0.0314. The summed E-state index contributed by atoms with van der Waals surface area (Å²) in [6.45, 7) is 6.18. The predicted molar refractivity (Wildman–Crippen MR) is 93.7 cm³/mol. The number of rotatable bonds is 7. The summed E-state index contributed by atoms with van der Waals surface area (Å²) in [6, 6.07) is 18.0. The van der Waals surface area contributed by atoms with Crippen molar-refractivity contribution < 1.29 is 9.53 Å². The first-order chi connectivity index (χ1) is 11.0. The Morgan fingerprint density at radius 1 is 1.00 bits per heavy atom. The molecule has 2 aromatic rings. The lowest BCUT2D eigenvalue weighted by atomic mass is 9.95. The normalized spacial score (nSPS) is 11.1. The molecule has 0 aromatic heterocycles. The molecule has 3 nitrogen and oxygen atoms in total. The van der Waals surface area contributed by atoms with E-state index in [0.29, 0.717) is 0 Å². The summed E-state index contributed by atoms with van der Waals surface area (Å²) in [5.41, 5.74) is 2.15. The fourth-order valence-electron chi connectivity index (χ4n) is 2.53. The van der Waals surface area contributed by atoms with E-state index in [-0.39, 0.29) is 18.1 Å². The Labute approximate surface area is 138 Å². The van der Waals surface area contributed by atoms with Crippen molar-refractivity contribution in [3.8, 4) is 5.75 Å². The highest BCUT2D eigenvalue weighted by Gasteiger charge is 2.21. The van der Waals surface area contributed by atoms with Gasteiger partial charge in [0.05, 0.1) is 0 Å². The number of aryl methyl sites for hydroxylation is 1. The van der Waals surface area contributed by atoms with E-state index in [0.717, 1.165) is 18.6 Å². The third-order valence-corrected chi connectivity index (χ3v) is 3.67. The molecule has 0 radical (unpaired) electrons. The zero-order valence-electron chi connectivity index (χ0n) is 14.1. The van der Waals surface area contributed by atoms with E-state index < -0.39 is 0 Å². The monoisotopic (exact) mass is 311 g/mol. The van der Waals surface area contributed by atoms with Crippen LogP contribution in [0.2, 0.25) is 0 Å². The first-order valence-corrected chi connectivity index (χ1v) is 8.05. The lowest BCUT2D eigenvalue weighted by Gasteiger charge is -2.26. The second kappa shape index (κ2) is 7.82. The number of carbonyl (C=O) groups excluding carboxylic acids is 1. The number of nitrogens with one attached hydrogen (secondary N) is 1. The molecule has 0 fully saturated rings. The first kappa shape index (κ1) is 17.1. The molecule has 1 N–H and O–H groups in total. The summed E-state index contributed by atoms with van der Waals surface area (Å²) >= 11 is 0. The highest BCUT2D eigenvalue weighted by molar-refractivity contribution is 5.78. The molecule has 0 saturated heterocycles. The molecule has 0 unspecified atom stereocenters. The predicted octanol–water partition coefficient (Wildman–Crippen LogP) is 3.77. The molecule has 23 heavy (non-hydrogen) atoms. The highest BCUT2D eigenvalue weighted by atomic mass is 16.5. The summed E-state index contributed by atoms with van der Waals surface area (Å²) in [6.07, 6.45) is 1.78. The second-order valence-corrected chi connectivity index (χ2v) is 6.38. The van der Waals surface area contributed by atoms with Crippen LogP contribution < -0.4 is 10.1 Å². The number of amides is 1. The minimum Gasteiger partial charge on any atom is -0.484 e. The lowest BCUT2D eigenvalue weighted by Crippen LogP contribution is -2.47. The Kier molecular flexibility index (Phi) is 5.80. The van der Waals surface area contributed by atoms with E-state index in [1.54, 1.807) is 0 Å². The van der Waals surface area contributed by atoms with E-state index in [2.05, 4.69) is 24.4 Å². The lowest BCUT2D eigenvalue weighted by molar-refractivity contribution is -0.124. The van der Waals surface area contributed by atoms with Crippen LogP contribution in [0.5, 0.6) is 5.75 Å². The van der Waals surface area contributed by atoms with Crippen molar-refractivity contribution in [3.05, 3.63) is 65.7 Å². The van der Waals surface area contributed by atoms with E-state index in [1.807, 2.05) is 56.3 Å². The number of ether oxygens (including phenoxy) is 1. The largest absolute Gasteiger partial charge is 0.484 e. The average molecular weight is 311 g/mol. The molecule has 0 bridgehead atoms. The molecule has 122 valence electrons. The van der Waals surface area contributed by atoms with E-state index in [4.69, 9.17) is 4.74 Å². The fourth-order valence-corrected chi connectivity index (χ4v) is 2.53. The number of hydrogen-bond donors (Lipinski definition) is 1. The molecule has 2 aromatic carbocycles. The van der Waals surface area contributed by atoms with Crippen molar-refractivity contribution in [2.24, 2.45) is 0 Å². The topological polar surface area (TPSA) is 38.3 Å². The van der Waals surface area contributed by atoms with Crippen LogP contribution in [0.15, 0.2) is 54.6 Å². The standard InChI is InChI=1S/C20H25NO2/c1-4-16-10-12-18(13-11-16)23-15-19(22)21-20(2,3)14-17-8-6-5-7-9-17/h5-13H,4,14-15H2,1-3H3,(H,21,22). The van der Waals surface area contributed by atoms with Crippen molar-refractivity contribution >= 4 is 5.91 Å². The average Bonchev–Trinajstić information content (AvgIpc) is 2.53. The van der Waals surface area contributed by atoms with Gasteiger partial charge in [0, 0.05) is 5.54 Å².